The second-order valence-electron chi connectivity index (χ2n) is 5.89. The lowest BCUT2D eigenvalue weighted by atomic mass is 10.3. The minimum atomic E-state index is 0.0180. The smallest absolute Gasteiger partial charge is 0.240 e. The standard InChI is InChI=1S/C16H24N6OS/c1-2-14-17-3-5-22(14)11-10-20-6-8-21(9-7-20)13-15(23)19-16-18-4-12-24-16/h3-5,12H,2,6-11,13H2,1H3,(H,18,19,23). The zero-order valence-electron chi connectivity index (χ0n) is 14.0. The number of hydrogen-bond acceptors (Lipinski definition) is 6. The number of amides is 1. The molecule has 7 nitrogen and oxygen atoms in total. The molecule has 1 N–H and O–H groups in total. The molecule has 0 aliphatic carbocycles. The lowest BCUT2D eigenvalue weighted by molar-refractivity contribution is -0.117. The monoisotopic (exact) mass is 348 g/mol. The molecule has 0 radical (unpaired) electrons. The van der Waals surface area contributed by atoms with Gasteiger partial charge in [0, 0.05) is 69.7 Å². The number of carbonyl (C=O) groups is 1. The molecule has 1 amide bonds. The van der Waals surface area contributed by atoms with Crippen molar-refractivity contribution in [2.45, 2.75) is 19.9 Å². The highest BCUT2D eigenvalue weighted by atomic mass is 32.1. The van der Waals surface area contributed by atoms with E-state index in [4.69, 9.17) is 0 Å². The highest BCUT2D eigenvalue weighted by molar-refractivity contribution is 7.13. The SMILES string of the molecule is CCc1nccn1CCN1CCN(CC(=O)Nc2nccs2)CC1. The van der Waals surface area contributed by atoms with Crippen molar-refractivity contribution in [1.82, 2.24) is 24.3 Å². The van der Waals surface area contributed by atoms with E-state index in [9.17, 15) is 4.79 Å². The van der Waals surface area contributed by atoms with Crippen molar-refractivity contribution >= 4 is 22.4 Å². The summed E-state index contributed by atoms with van der Waals surface area (Å²) < 4.78 is 2.23. The van der Waals surface area contributed by atoms with Crippen molar-refractivity contribution < 1.29 is 4.79 Å². The van der Waals surface area contributed by atoms with Crippen molar-refractivity contribution in [3.05, 3.63) is 29.8 Å². The van der Waals surface area contributed by atoms with Crippen LogP contribution in [0, 0.1) is 0 Å². The second kappa shape index (κ2) is 8.36. The highest BCUT2D eigenvalue weighted by Crippen LogP contribution is 2.10. The van der Waals surface area contributed by atoms with E-state index in [1.165, 1.54) is 11.3 Å². The molecule has 130 valence electrons. The molecule has 3 heterocycles. The summed E-state index contributed by atoms with van der Waals surface area (Å²) in [5.74, 6) is 1.16. The number of nitrogens with zero attached hydrogens (tertiary/aromatic N) is 5. The number of carbonyl (C=O) groups excluding carboxylic acids is 1. The molecule has 0 bridgehead atoms. The van der Waals surface area contributed by atoms with Crippen LogP contribution in [0.2, 0.25) is 0 Å². The maximum Gasteiger partial charge on any atom is 0.240 e. The Balaban J connectivity index is 1.37. The van der Waals surface area contributed by atoms with Crippen LogP contribution in [0.3, 0.4) is 0 Å². The Hall–Kier alpha value is -1.77. The molecule has 0 spiro atoms. The van der Waals surface area contributed by atoms with Crippen molar-refractivity contribution in [3.63, 3.8) is 0 Å². The number of rotatable bonds is 7. The number of aromatic nitrogens is 3. The fraction of sp³-hybridized carbons (Fsp3) is 0.562. The maximum absolute atomic E-state index is 12.0. The molecule has 0 aromatic carbocycles. The molecular weight excluding hydrogens is 324 g/mol. The van der Waals surface area contributed by atoms with Crippen LogP contribution in [0.4, 0.5) is 5.13 Å². The van der Waals surface area contributed by atoms with E-state index in [2.05, 4.69) is 42.8 Å². The molecule has 2 aromatic heterocycles. The topological polar surface area (TPSA) is 66.3 Å². The van der Waals surface area contributed by atoms with Crippen molar-refractivity contribution in [3.8, 4) is 0 Å². The molecule has 1 fully saturated rings. The van der Waals surface area contributed by atoms with Crippen LogP contribution >= 0.6 is 11.3 Å². The van der Waals surface area contributed by atoms with Gasteiger partial charge in [-0.1, -0.05) is 6.92 Å². The van der Waals surface area contributed by atoms with E-state index < -0.39 is 0 Å². The minimum absolute atomic E-state index is 0.0180. The third kappa shape index (κ3) is 4.62. The number of piperazine rings is 1. The highest BCUT2D eigenvalue weighted by Gasteiger charge is 2.19. The molecule has 24 heavy (non-hydrogen) atoms. The van der Waals surface area contributed by atoms with Gasteiger partial charge in [-0.3, -0.25) is 14.6 Å². The molecule has 1 saturated heterocycles. The van der Waals surface area contributed by atoms with Gasteiger partial charge in [-0.05, 0) is 0 Å². The number of thiazole rings is 1. The van der Waals surface area contributed by atoms with Gasteiger partial charge in [0.2, 0.25) is 5.91 Å². The molecule has 0 unspecified atom stereocenters. The van der Waals surface area contributed by atoms with E-state index in [1.54, 1.807) is 6.20 Å². The first-order valence-electron chi connectivity index (χ1n) is 8.38. The summed E-state index contributed by atoms with van der Waals surface area (Å²) in [4.78, 5) is 25.1. The molecular formula is C16H24N6OS. The molecule has 3 rings (SSSR count). The Bertz CT molecular complexity index is 633. The summed E-state index contributed by atoms with van der Waals surface area (Å²) in [7, 11) is 0. The first kappa shape index (κ1) is 17.1. The third-order valence-electron chi connectivity index (χ3n) is 4.29. The molecule has 1 aliphatic rings. The maximum atomic E-state index is 12.0. The Labute approximate surface area is 146 Å². The van der Waals surface area contributed by atoms with Gasteiger partial charge in [-0.2, -0.15) is 0 Å². The molecule has 1 aliphatic heterocycles. The summed E-state index contributed by atoms with van der Waals surface area (Å²) in [5, 5.41) is 5.37. The Morgan fingerprint density at radius 2 is 1.96 bits per heavy atom. The van der Waals surface area contributed by atoms with E-state index in [0.717, 1.165) is 51.5 Å². The normalized spacial score (nSPS) is 16.4. The van der Waals surface area contributed by atoms with E-state index >= 15 is 0 Å². The molecule has 2 aromatic rings. The average molecular weight is 348 g/mol. The average Bonchev–Trinajstić information content (AvgIpc) is 3.25. The van der Waals surface area contributed by atoms with Gasteiger partial charge in [0.15, 0.2) is 5.13 Å². The zero-order chi connectivity index (χ0) is 16.8. The molecule has 0 saturated carbocycles. The van der Waals surface area contributed by atoms with Crippen LogP contribution in [-0.4, -0.2) is 69.5 Å². The van der Waals surface area contributed by atoms with Crippen LogP contribution in [0.25, 0.3) is 0 Å². The quantitative estimate of drug-likeness (QED) is 0.813. The van der Waals surface area contributed by atoms with E-state index in [0.29, 0.717) is 11.7 Å². The summed E-state index contributed by atoms with van der Waals surface area (Å²) >= 11 is 1.44. The molecule has 0 atom stereocenters. The van der Waals surface area contributed by atoms with Gasteiger partial charge in [-0.25, -0.2) is 9.97 Å². The number of hydrogen-bond donors (Lipinski definition) is 1. The van der Waals surface area contributed by atoms with Crippen LogP contribution in [0.1, 0.15) is 12.7 Å². The number of imidazole rings is 1. The summed E-state index contributed by atoms with van der Waals surface area (Å²) in [5.41, 5.74) is 0. The van der Waals surface area contributed by atoms with Crippen molar-refractivity contribution in [1.29, 1.82) is 0 Å². The Morgan fingerprint density at radius 1 is 1.17 bits per heavy atom. The molecule has 8 heteroatoms. The second-order valence-corrected chi connectivity index (χ2v) is 6.79. The largest absolute Gasteiger partial charge is 0.334 e. The lowest BCUT2D eigenvalue weighted by Crippen LogP contribution is -2.49. The van der Waals surface area contributed by atoms with Gasteiger partial charge in [0.1, 0.15) is 5.82 Å². The van der Waals surface area contributed by atoms with Crippen LogP contribution in [0.5, 0.6) is 0 Å². The fourth-order valence-electron chi connectivity index (χ4n) is 2.93. The van der Waals surface area contributed by atoms with Crippen LogP contribution in [-0.2, 0) is 17.8 Å². The van der Waals surface area contributed by atoms with E-state index in [-0.39, 0.29) is 5.91 Å². The van der Waals surface area contributed by atoms with Crippen molar-refractivity contribution in [2.75, 3.05) is 44.6 Å². The van der Waals surface area contributed by atoms with Gasteiger partial charge in [0.25, 0.3) is 0 Å². The zero-order valence-corrected chi connectivity index (χ0v) is 14.8. The summed E-state index contributed by atoms with van der Waals surface area (Å²) in [6.07, 6.45) is 6.59. The van der Waals surface area contributed by atoms with Gasteiger partial charge in [0.05, 0.1) is 6.54 Å². The van der Waals surface area contributed by atoms with Gasteiger partial charge in [-0.15, -0.1) is 11.3 Å². The fourth-order valence-corrected chi connectivity index (χ4v) is 3.47. The first-order chi connectivity index (χ1) is 11.7. The summed E-state index contributed by atoms with van der Waals surface area (Å²) in [6, 6.07) is 0. The van der Waals surface area contributed by atoms with E-state index in [1.807, 2.05) is 11.6 Å². The van der Waals surface area contributed by atoms with Crippen molar-refractivity contribution in [2.24, 2.45) is 0 Å². The van der Waals surface area contributed by atoms with Crippen LogP contribution < -0.4 is 5.32 Å². The summed E-state index contributed by atoms with van der Waals surface area (Å²) in [6.45, 7) is 8.44. The van der Waals surface area contributed by atoms with Gasteiger partial charge < -0.3 is 9.88 Å². The van der Waals surface area contributed by atoms with Gasteiger partial charge >= 0.3 is 0 Å². The lowest BCUT2D eigenvalue weighted by Gasteiger charge is -2.34. The third-order valence-corrected chi connectivity index (χ3v) is 4.97. The first-order valence-corrected chi connectivity index (χ1v) is 9.26. The Kier molecular flexibility index (Phi) is 5.95. The predicted octanol–water partition coefficient (Wildman–Crippen LogP) is 1.16. The predicted molar refractivity (Wildman–Crippen MR) is 95.2 cm³/mol. The number of anilines is 1. The number of aryl methyl sites for hydroxylation is 1. The van der Waals surface area contributed by atoms with Crippen LogP contribution in [0.15, 0.2) is 24.0 Å². The minimum Gasteiger partial charge on any atom is -0.334 e. The Morgan fingerprint density at radius 3 is 2.67 bits per heavy atom. The number of nitrogens with one attached hydrogen (secondary N) is 1.